The van der Waals surface area contributed by atoms with Gasteiger partial charge in [-0.2, -0.15) is 5.26 Å². The second kappa shape index (κ2) is 12.7. The van der Waals surface area contributed by atoms with Crippen LogP contribution in [0.2, 0.25) is 0 Å². The van der Waals surface area contributed by atoms with Crippen LogP contribution in [-0.2, 0) is 22.6 Å². The Morgan fingerprint density at radius 1 is 1.13 bits per heavy atom. The van der Waals surface area contributed by atoms with Crippen molar-refractivity contribution in [2.75, 3.05) is 51.3 Å². The second-order valence-electron chi connectivity index (χ2n) is 9.38. The highest BCUT2D eigenvalue weighted by Crippen LogP contribution is 2.36. The molecule has 2 aliphatic rings. The molecular weight excluding hydrogens is 518 g/mol. The van der Waals surface area contributed by atoms with Crippen molar-refractivity contribution in [1.29, 1.82) is 5.26 Å². The summed E-state index contributed by atoms with van der Waals surface area (Å²) >= 11 is 6.71. The zero-order chi connectivity index (χ0) is 27.2. The van der Waals surface area contributed by atoms with Gasteiger partial charge in [0.05, 0.1) is 18.1 Å². The summed E-state index contributed by atoms with van der Waals surface area (Å²) < 4.78 is 7.34. The molecule has 0 N–H and O–H groups in total. The largest absolute Gasteiger partial charge is 0.383 e. The third-order valence-corrected chi connectivity index (χ3v) is 8.26. The molecule has 2 aromatic rings. The van der Waals surface area contributed by atoms with Crippen LogP contribution in [0.15, 0.2) is 40.0 Å². The van der Waals surface area contributed by atoms with Gasteiger partial charge in [-0.25, -0.2) is 0 Å². The molecule has 10 heteroatoms. The van der Waals surface area contributed by atoms with Crippen LogP contribution in [0, 0.1) is 18.3 Å². The average Bonchev–Trinajstić information content (AvgIpc) is 3.19. The number of methoxy groups -OCH3 is 1. The fourth-order valence-corrected chi connectivity index (χ4v) is 6.17. The second-order valence-corrected chi connectivity index (χ2v) is 11.1. The van der Waals surface area contributed by atoms with E-state index in [1.165, 1.54) is 17.3 Å². The van der Waals surface area contributed by atoms with Crippen LogP contribution in [-0.4, -0.2) is 71.0 Å². The lowest BCUT2D eigenvalue weighted by atomic mass is 10.0. The van der Waals surface area contributed by atoms with Gasteiger partial charge in [0.2, 0.25) is 0 Å². The minimum Gasteiger partial charge on any atom is -0.383 e. The lowest BCUT2D eigenvalue weighted by Gasteiger charge is -2.38. The number of ether oxygens (including phenoxy) is 1. The first-order valence-corrected chi connectivity index (χ1v) is 14.0. The summed E-state index contributed by atoms with van der Waals surface area (Å²) in [5.74, 6) is 0.594. The van der Waals surface area contributed by atoms with Crippen LogP contribution in [0.5, 0.6) is 0 Å². The van der Waals surface area contributed by atoms with Crippen LogP contribution in [0.3, 0.4) is 0 Å². The SMILES string of the molecule is CCCn1c(N2CCN(Cc3ccccc3)CC2)c(C=C2SC(=S)N(CCOC)C2=O)c(C)c(C#N)c1=O. The number of rotatable bonds is 9. The summed E-state index contributed by atoms with van der Waals surface area (Å²) in [6, 6.07) is 12.5. The number of pyridine rings is 1. The van der Waals surface area contributed by atoms with Crippen LogP contribution in [0.4, 0.5) is 5.82 Å². The Labute approximate surface area is 233 Å². The maximum absolute atomic E-state index is 13.4. The van der Waals surface area contributed by atoms with Crippen LogP contribution < -0.4 is 10.5 Å². The number of carbonyl (C=O) groups excluding carboxylic acids is 1. The van der Waals surface area contributed by atoms with Crippen molar-refractivity contribution in [3.63, 3.8) is 0 Å². The number of benzene rings is 1. The van der Waals surface area contributed by atoms with Gasteiger partial charge in [-0.1, -0.05) is 61.2 Å². The highest BCUT2D eigenvalue weighted by molar-refractivity contribution is 8.26. The van der Waals surface area contributed by atoms with Gasteiger partial charge < -0.3 is 9.64 Å². The van der Waals surface area contributed by atoms with Gasteiger partial charge in [0.15, 0.2) is 0 Å². The van der Waals surface area contributed by atoms with Gasteiger partial charge in [-0.05, 0) is 30.5 Å². The summed E-state index contributed by atoms with van der Waals surface area (Å²) in [5, 5.41) is 9.87. The molecule has 38 heavy (non-hydrogen) atoms. The van der Waals surface area contributed by atoms with Crippen molar-refractivity contribution in [2.45, 2.75) is 33.4 Å². The molecule has 8 nitrogen and oxygen atoms in total. The quantitative estimate of drug-likeness (QED) is 0.345. The first-order chi connectivity index (χ1) is 18.4. The fraction of sp³-hybridized carbons (Fsp3) is 0.429. The zero-order valence-electron chi connectivity index (χ0n) is 22.1. The van der Waals surface area contributed by atoms with Crippen molar-refractivity contribution in [3.05, 3.63) is 67.8 Å². The maximum Gasteiger partial charge on any atom is 0.270 e. The standard InChI is InChI=1S/C28H33N5O3S2/c1-4-10-32-25(31-13-11-30(12-14-31)19-21-8-6-5-7-9-21)22(20(2)23(18-29)26(32)34)17-24-27(35)33(15-16-36-3)28(37)38-24/h5-9,17H,4,10-16,19H2,1-3H3. The van der Waals surface area contributed by atoms with Crippen LogP contribution >= 0.6 is 24.0 Å². The highest BCUT2D eigenvalue weighted by atomic mass is 32.2. The first kappa shape index (κ1) is 28.0. The molecule has 1 aromatic carbocycles. The number of hydrogen-bond donors (Lipinski definition) is 0. The van der Waals surface area contributed by atoms with Gasteiger partial charge >= 0.3 is 0 Å². The van der Waals surface area contributed by atoms with E-state index in [2.05, 4.69) is 40.1 Å². The van der Waals surface area contributed by atoms with Gasteiger partial charge in [0, 0.05) is 51.9 Å². The average molecular weight is 552 g/mol. The lowest BCUT2D eigenvalue weighted by molar-refractivity contribution is -0.122. The van der Waals surface area contributed by atoms with Crippen molar-refractivity contribution in [2.24, 2.45) is 0 Å². The van der Waals surface area contributed by atoms with Crippen molar-refractivity contribution < 1.29 is 9.53 Å². The van der Waals surface area contributed by atoms with Crippen molar-refractivity contribution in [1.82, 2.24) is 14.4 Å². The maximum atomic E-state index is 13.4. The predicted molar refractivity (Wildman–Crippen MR) is 156 cm³/mol. The Kier molecular flexibility index (Phi) is 9.39. The predicted octanol–water partition coefficient (Wildman–Crippen LogP) is 3.61. The molecule has 0 spiro atoms. The van der Waals surface area contributed by atoms with E-state index in [1.807, 2.05) is 19.1 Å². The number of anilines is 1. The molecule has 0 unspecified atom stereocenters. The Morgan fingerprint density at radius 2 is 1.84 bits per heavy atom. The van der Waals surface area contributed by atoms with Gasteiger partial charge in [-0.15, -0.1) is 0 Å². The summed E-state index contributed by atoms with van der Waals surface area (Å²) in [4.78, 5) is 33.3. The smallest absolute Gasteiger partial charge is 0.270 e. The fourth-order valence-electron chi connectivity index (χ4n) is 4.88. The molecule has 0 aliphatic carbocycles. The van der Waals surface area contributed by atoms with E-state index < -0.39 is 0 Å². The molecule has 1 aromatic heterocycles. The first-order valence-electron chi connectivity index (χ1n) is 12.8. The lowest BCUT2D eigenvalue weighted by Crippen LogP contribution is -2.48. The molecule has 0 radical (unpaired) electrons. The molecule has 0 saturated carbocycles. The van der Waals surface area contributed by atoms with Crippen molar-refractivity contribution >= 4 is 46.1 Å². The Bertz CT molecular complexity index is 1320. The summed E-state index contributed by atoms with van der Waals surface area (Å²) in [6.45, 7) is 9.09. The number of nitriles is 1. The van der Waals surface area contributed by atoms with E-state index in [-0.39, 0.29) is 17.0 Å². The Balaban J connectivity index is 1.72. The number of thiocarbonyl (C=S) groups is 1. The van der Waals surface area contributed by atoms with E-state index in [0.29, 0.717) is 34.5 Å². The summed E-state index contributed by atoms with van der Waals surface area (Å²) in [5.41, 5.74) is 2.44. The molecule has 3 heterocycles. The molecular formula is C28H33N5O3S2. The van der Waals surface area contributed by atoms with Crippen LogP contribution in [0.1, 0.15) is 35.6 Å². The molecule has 2 fully saturated rings. The van der Waals surface area contributed by atoms with Crippen LogP contribution in [0.25, 0.3) is 6.08 Å². The minimum absolute atomic E-state index is 0.117. The minimum atomic E-state index is -0.279. The number of nitrogens with zero attached hydrogens (tertiary/aromatic N) is 5. The highest BCUT2D eigenvalue weighted by Gasteiger charge is 2.33. The number of hydrogen-bond acceptors (Lipinski definition) is 8. The molecule has 200 valence electrons. The summed E-state index contributed by atoms with van der Waals surface area (Å²) in [6.07, 6.45) is 2.56. The van der Waals surface area contributed by atoms with E-state index in [0.717, 1.165) is 50.5 Å². The number of thioether (sulfide) groups is 1. The van der Waals surface area contributed by atoms with E-state index in [1.54, 1.807) is 23.5 Å². The third kappa shape index (κ3) is 5.86. The molecule has 2 aliphatic heterocycles. The van der Waals surface area contributed by atoms with Gasteiger partial charge in [-0.3, -0.25) is 24.0 Å². The molecule has 0 bridgehead atoms. The topological polar surface area (TPSA) is 81.8 Å². The molecule has 1 amide bonds. The van der Waals surface area contributed by atoms with Gasteiger partial charge in [0.1, 0.15) is 21.8 Å². The summed E-state index contributed by atoms with van der Waals surface area (Å²) in [7, 11) is 1.59. The number of piperazine rings is 1. The third-order valence-electron chi connectivity index (χ3n) is 6.88. The monoisotopic (exact) mass is 551 g/mol. The normalized spacial score (nSPS) is 17.5. The number of carbonyl (C=O) groups is 1. The van der Waals surface area contributed by atoms with E-state index >= 15 is 0 Å². The van der Waals surface area contributed by atoms with Gasteiger partial charge in [0.25, 0.3) is 11.5 Å². The molecule has 0 atom stereocenters. The number of aromatic nitrogens is 1. The Hall–Kier alpha value is -2.97. The van der Waals surface area contributed by atoms with E-state index in [9.17, 15) is 14.9 Å². The zero-order valence-corrected chi connectivity index (χ0v) is 23.7. The molecule has 4 rings (SSSR count). The number of amides is 1. The van der Waals surface area contributed by atoms with E-state index in [4.69, 9.17) is 17.0 Å². The van der Waals surface area contributed by atoms with Crippen molar-refractivity contribution in [3.8, 4) is 6.07 Å². The Morgan fingerprint density at radius 3 is 2.47 bits per heavy atom. The molecule has 2 saturated heterocycles.